The quantitative estimate of drug-likeness (QED) is 0.808. The molecule has 0 spiro atoms. The van der Waals surface area contributed by atoms with E-state index in [1.54, 1.807) is 21.3 Å². The number of rotatable bonds is 7. The Morgan fingerprint density at radius 2 is 1.75 bits per heavy atom. The summed E-state index contributed by atoms with van der Waals surface area (Å²) in [5, 5.41) is 0. The normalized spacial score (nSPS) is 20.3. The summed E-state index contributed by atoms with van der Waals surface area (Å²) in [4.78, 5) is 2.38. The van der Waals surface area contributed by atoms with Gasteiger partial charge in [0.15, 0.2) is 11.5 Å². The summed E-state index contributed by atoms with van der Waals surface area (Å²) < 4.78 is 16.3. The summed E-state index contributed by atoms with van der Waals surface area (Å²) in [6.45, 7) is 4.17. The van der Waals surface area contributed by atoms with Crippen LogP contribution < -0.4 is 24.8 Å². The minimum atomic E-state index is 0. The number of hydrogen-bond donors (Lipinski definition) is 1. The predicted molar refractivity (Wildman–Crippen MR) is 101 cm³/mol. The fourth-order valence-electron chi connectivity index (χ4n) is 3.31. The Balaban J connectivity index is 0.00000288. The van der Waals surface area contributed by atoms with Gasteiger partial charge in [-0.2, -0.15) is 0 Å². The molecule has 24 heavy (non-hydrogen) atoms. The minimum Gasteiger partial charge on any atom is -0.493 e. The van der Waals surface area contributed by atoms with Gasteiger partial charge in [-0.25, -0.2) is 0 Å². The van der Waals surface area contributed by atoms with Gasteiger partial charge in [-0.3, -0.25) is 0 Å². The highest BCUT2D eigenvalue weighted by molar-refractivity contribution is 5.85. The van der Waals surface area contributed by atoms with Gasteiger partial charge >= 0.3 is 0 Å². The van der Waals surface area contributed by atoms with E-state index in [0.717, 1.165) is 25.2 Å². The number of benzene rings is 1. The van der Waals surface area contributed by atoms with E-state index in [-0.39, 0.29) is 12.4 Å². The van der Waals surface area contributed by atoms with Crippen LogP contribution in [0.3, 0.4) is 0 Å². The molecule has 1 aromatic rings. The zero-order valence-electron chi connectivity index (χ0n) is 15.2. The largest absolute Gasteiger partial charge is 0.493 e. The fraction of sp³-hybridized carbons (Fsp3) is 0.667. The molecular formula is C18H31ClN2O3. The maximum absolute atomic E-state index is 6.32. The number of unbranched alkanes of at least 4 members (excludes halogenated alkanes) is 1. The first-order valence-electron chi connectivity index (χ1n) is 8.45. The average Bonchev–Trinajstić information content (AvgIpc) is 2.59. The van der Waals surface area contributed by atoms with Crippen molar-refractivity contribution in [1.82, 2.24) is 0 Å². The molecule has 0 bridgehead atoms. The van der Waals surface area contributed by atoms with E-state index in [0.29, 0.717) is 29.2 Å². The molecule has 2 unspecified atom stereocenters. The van der Waals surface area contributed by atoms with Crippen LogP contribution in [0.1, 0.15) is 32.6 Å². The zero-order chi connectivity index (χ0) is 16.8. The van der Waals surface area contributed by atoms with Gasteiger partial charge in [0.05, 0.1) is 21.3 Å². The second-order valence-corrected chi connectivity index (χ2v) is 6.18. The average molecular weight is 359 g/mol. The zero-order valence-corrected chi connectivity index (χ0v) is 16.0. The van der Waals surface area contributed by atoms with Crippen LogP contribution in [-0.2, 0) is 0 Å². The summed E-state index contributed by atoms with van der Waals surface area (Å²) in [6.07, 6.45) is 4.67. The van der Waals surface area contributed by atoms with Crippen molar-refractivity contribution in [2.45, 2.75) is 38.6 Å². The van der Waals surface area contributed by atoms with Gasteiger partial charge in [-0.1, -0.05) is 19.8 Å². The predicted octanol–water partition coefficient (Wildman–Crippen LogP) is 3.48. The molecule has 5 nitrogen and oxygen atoms in total. The Morgan fingerprint density at radius 1 is 1.12 bits per heavy atom. The van der Waals surface area contributed by atoms with Gasteiger partial charge in [0.25, 0.3) is 0 Å². The van der Waals surface area contributed by atoms with Crippen LogP contribution >= 0.6 is 12.4 Å². The standard InChI is InChI=1S/C18H30N2O3.ClH/c1-5-6-7-13-12-20(9-8-15(13)19)14-10-16(21-2)18(23-4)17(11-14)22-3;/h10-11,13,15H,5-9,12,19H2,1-4H3;1H. The Kier molecular flexibility index (Phi) is 8.50. The topological polar surface area (TPSA) is 57.0 Å². The van der Waals surface area contributed by atoms with Crippen LogP contribution in [0.15, 0.2) is 12.1 Å². The van der Waals surface area contributed by atoms with Gasteiger partial charge in [0.1, 0.15) is 0 Å². The second-order valence-electron chi connectivity index (χ2n) is 6.18. The Hall–Kier alpha value is -1.33. The summed E-state index contributed by atoms with van der Waals surface area (Å²) in [6, 6.07) is 4.35. The molecule has 0 amide bonds. The molecule has 2 atom stereocenters. The smallest absolute Gasteiger partial charge is 0.203 e. The first-order valence-corrected chi connectivity index (χ1v) is 8.45. The van der Waals surface area contributed by atoms with Crippen LogP contribution in [0.25, 0.3) is 0 Å². The highest BCUT2D eigenvalue weighted by Gasteiger charge is 2.27. The second kappa shape index (κ2) is 9.84. The van der Waals surface area contributed by atoms with Crippen LogP contribution in [0.4, 0.5) is 5.69 Å². The molecule has 0 saturated carbocycles. The number of nitrogens with zero attached hydrogens (tertiary/aromatic N) is 1. The van der Waals surface area contributed by atoms with Gasteiger partial charge in [0.2, 0.25) is 5.75 Å². The van der Waals surface area contributed by atoms with Crippen molar-refractivity contribution in [3.63, 3.8) is 0 Å². The Labute approximate surface area is 151 Å². The molecule has 1 heterocycles. The van der Waals surface area contributed by atoms with E-state index in [4.69, 9.17) is 19.9 Å². The highest BCUT2D eigenvalue weighted by atomic mass is 35.5. The van der Waals surface area contributed by atoms with E-state index >= 15 is 0 Å². The minimum absolute atomic E-state index is 0. The Morgan fingerprint density at radius 3 is 2.25 bits per heavy atom. The van der Waals surface area contributed by atoms with Gasteiger partial charge in [-0.05, 0) is 18.8 Å². The van der Waals surface area contributed by atoms with Crippen LogP contribution in [0.5, 0.6) is 17.2 Å². The molecule has 2 N–H and O–H groups in total. The number of ether oxygens (including phenoxy) is 3. The molecule has 0 radical (unpaired) electrons. The van der Waals surface area contributed by atoms with E-state index in [2.05, 4.69) is 11.8 Å². The van der Waals surface area contributed by atoms with E-state index in [1.807, 2.05) is 12.1 Å². The summed E-state index contributed by atoms with van der Waals surface area (Å²) in [7, 11) is 4.93. The molecule has 2 rings (SSSR count). The number of nitrogens with two attached hydrogens (primary N) is 1. The molecule has 1 aliphatic rings. The number of methoxy groups -OCH3 is 3. The highest BCUT2D eigenvalue weighted by Crippen LogP contribution is 2.41. The molecule has 1 aromatic carbocycles. The third kappa shape index (κ3) is 4.61. The first-order chi connectivity index (χ1) is 11.1. The van der Waals surface area contributed by atoms with Gasteiger partial charge in [-0.15, -0.1) is 12.4 Å². The molecule has 138 valence electrons. The maximum atomic E-state index is 6.32. The van der Waals surface area contributed by atoms with Crippen LogP contribution in [-0.4, -0.2) is 40.5 Å². The third-order valence-corrected chi connectivity index (χ3v) is 4.74. The van der Waals surface area contributed by atoms with Crippen molar-refractivity contribution in [3.8, 4) is 17.2 Å². The van der Waals surface area contributed by atoms with Crippen molar-refractivity contribution < 1.29 is 14.2 Å². The maximum Gasteiger partial charge on any atom is 0.203 e. The third-order valence-electron chi connectivity index (χ3n) is 4.74. The lowest BCUT2D eigenvalue weighted by Crippen LogP contribution is -2.47. The van der Waals surface area contributed by atoms with Gasteiger partial charge < -0.3 is 24.8 Å². The number of anilines is 1. The number of hydrogen-bond acceptors (Lipinski definition) is 5. The van der Waals surface area contributed by atoms with E-state index in [9.17, 15) is 0 Å². The summed E-state index contributed by atoms with van der Waals surface area (Å²) in [5.74, 6) is 2.57. The lowest BCUT2D eigenvalue weighted by atomic mass is 9.88. The van der Waals surface area contributed by atoms with Crippen LogP contribution in [0.2, 0.25) is 0 Å². The monoisotopic (exact) mass is 358 g/mol. The van der Waals surface area contributed by atoms with Crippen molar-refractivity contribution >= 4 is 18.1 Å². The summed E-state index contributed by atoms with van der Waals surface area (Å²) >= 11 is 0. The first kappa shape index (κ1) is 20.7. The van der Waals surface area contributed by atoms with Crippen molar-refractivity contribution in [2.75, 3.05) is 39.3 Å². The van der Waals surface area contributed by atoms with Crippen molar-refractivity contribution in [3.05, 3.63) is 12.1 Å². The van der Waals surface area contributed by atoms with Crippen molar-refractivity contribution in [1.29, 1.82) is 0 Å². The molecule has 1 fully saturated rings. The Bertz CT molecular complexity index is 488. The van der Waals surface area contributed by atoms with E-state index < -0.39 is 0 Å². The lowest BCUT2D eigenvalue weighted by molar-refractivity contribution is 0.320. The number of piperidine rings is 1. The number of halogens is 1. The van der Waals surface area contributed by atoms with Crippen molar-refractivity contribution in [2.24, 2.45) is 11.7 Å². The molecule has 0 aromatic heterocycles. The summed E-state index contributed by atoms with van der Waals surface area (Å²) in [5.41, 5.74) is 7.43. The fourth-order valence-corrected chi connectivity index (χ4v) is 3.31. The molecule has 6 heteroatoms. The van der Waals surface area contributed by atoms with Gasteiger partial charge in [0, 0.05) is 37.0 Å². The molecule has 0 aliphatic carbocycles. The molecule has 1 aliphatic heterocycles. The van der Waals surface area contributed by atoms with E-state index in [1.165, 1.54) is 19.3 Å². The SMILES string of the molecule is CCCCC1CN(c2cc(OC)c(OC)c(OC)c2)CCC1N.Cl. The molecule has 1 saturated heterocycles. The van der Waals surface area contributed by atoms with Crippen LogP contribution in [0, 0.1) is 5.92 Å². The molecular weight excluding hydrogens is 328 g/mol. The lowest BCUT2D eigenvalue weighted by Gasteiger charge is -2.38.